The third-order valence-electron chi connectivity index (χ3n) is 5.55. The van der Waals surface area contributed by atoms with E-state index in [4.69, 9.17) is 25.6 Å². The third-order valence-corrected chi connectivity index (χ3v) is 7.40. The molecular weight excluding hydrogens is 518 g/mol. The second-order valence-corrected chi connectivity index (χ2v) is 10.4. The predicted octanol–water partition coefficient (Wildman–Crippen LogP) is 5.46. The van der Waals surface area contributed by atoms with Gasteiger partial charge in [-0.25, -0.2) is 13.4 Å². The molecule has 0 aliphatic carbocycles. The number of pyridine rings is 1. The number of halogens is 1. The first kappa shape index (κ1) is 26.2. The Balaban J connectivity index is 1.76. The summed E-state index contributed by atoms with van der Waals surface area (Å²) in [6, 6.07) is 15.1. The lowest BCUT2D eigenvalue weighted by Gasteiger charge is -2.24. The molecule has 2 aromatic carbocycles. The van der Waals surface area contributed by atoms with E-state index in [1.165, 1.54) is 42.7 Å². The Morgan fingerprint density at radius 2 is 1.84 bits per heavy atom. The zero-order chi connectivity index (χ0) is 26.6. The van der Waals surface area contributed by atoms with Crippen molar-refractivity contribution in [2.45, 2.75) is 24.0 Å². The minimum atomic E-state index is -3.72. The predicted molar refractivity (Wildman–Crippen MR) is 139 cm³/mol. The number of aromatic nitrogens is 2. The standard InChI is InChI=1S/C26H24ClN3O6S/c1-4-26(31)30(25-8-6-22(15-28-25)37(32,33)16-20-9-10-36-29-20)23-13-17(5-7-24(23)35-3)18-11-19(27)14-21(12-18)34-2/h5-15H,4,16H2,1-3H3. The van der Waals surface area contributed by atoms with E-state index in [1.807, 2.05) is 12.1 Å². The Labute approximate surface area is 219 Å². The average molecular weight is 542 g/mol. The van der Waals surface area contributed by atoms with Crippen molar-refractivity contribution < 1.29 is 27.2 Å². The van der Waals surface area contributed by atoms with E-state index >= 15 is 0 Å². The van der Waals surface area contributed by atoms with E-state index in [0.29, 0.717) is 22.2 Å². The van der Waals surface area contributed by atoms with Crippen LogP contribution in [-0.2, 0) is 20.4 Å². The number of carbonyl (C=O) groups is 1. The molecule has 0 aliphatic rings. The van der Waals surface area contributed by atoms with Gasteiger partial charge in [-0.2, -0.15) is 0 Å². The van der Waals surface area contributed by atoms with Crippen molar-refractivity contribution in [3.05, 3.63) is 77.8 Å². The Kier molecular flexibility index (Phi) is 7.80. The second kappa shape index (κ2) is 11.0. The highest BCUT2D eigenvalue weighted by molar-refractivity contribution is 7.90. The Hall–Kier alpha value is -3.89. The SMILES string of the molecule is CCC(=O)N(c1ccc(S(=O)(=O)Cc2ccon2)cn1)c1cc(-c2cc(Cl)cc(OC)c2)ccc1OC. The van der Waals surface area contributed by atoms with Crippen LogP contribution in [0, 0.1) is 0 Å². The molecular formula is C26H24ClN3O6S. The summed E-state index contributed by atoms with van der Waals surface area (Å²) >= 11 is 6.27. The number of sulfone groups is 1. The monoisotopic (exact) mass is 541 g/mol. The molecule has 0 saturated heterocycles. The maximum atomic E-state index is 13.1. The molecule has 11 heteroatoms. The highest BCUT2D eigenvalue weighted by atomic mass is 35.5. The van der Waals surface area contributed by atoms with Crippen LogP contribution in [0.1, 0.15) is 19.0 Å². The smallest absolute Gasteiger partial charge is 0.232 e. The van der Waals surface area contributed by atoms with Gasteiger partial charge in [0.15, 0.2) is 9.84 Å². The third kappa shape index (κ3) is 5.76. The highest BCUT2D eigenvalue weighted by Crippen LogP contribution is 2.38. The fourth-order valence-corrected chi connectivity index (χ4v) is 5.13. The van der Waals surface area contributed by atoms with Gasteiger partial charge in [-0.05, 0) is 53.6 Å². The van der Waals surface area contributed by atoms with Gasteiger partial charge in [-0.15, -0.1) is 0 Å². The number of hydrogen-bond acceptors (Lipinski definition) is 8. The molecule has 0 N–H and O–H groups in total. The van der Waals surface area contributed by atoms with Crippen molar-refractivity contribution in [3.63, 3.8) is 0 Å². The van der Waals surface area contributed by atoms with Gasteiger partial charge in [-0.1, -0.05) is 29.7 Å². The van der Waals surface area contributed by atoms with Crippen molar-refractivity contribution in [3.8, 4) is 22.6 Å². The van der Waals surface area contributed by atoms with E-state index in [0.717, 1.165) is 11.1 Å². The van der Waals surface area contributed by atoms with Crippen molar-refractivity contribution in [2.24, 2.45) is 0 Å². The number of hydrogen-bond donors (Lipinski definition) is 0. The number of ether oxygens (including phenoxy) is 2. The van der Waals surface area contributed by atoms with Gasteiger partial charge in [-0.3, -0.25) is 9.69 Å². The highest BCUT2D eigenvalue weighted by Gasteiger charge is 2.24. The Morgan fingerprint density at radius 3 is 2.46 bits per heavy atom. The summed E-state index contributed by atoms with van der Waals surface area (Å²) in [6.45, 7) is 1.73. The molecule has 0 saturated carbocycles. The molecule has 9 nitrogen and oxygen atoms in total. The topological polar surface area (TPSA) is 112 Å². The molecule has 1 amide bonds. The van der Waals surface area contributed by atoms with Crippen molar-refractivity contribution >= 4 is 38.9 Å². The van der Waals surface area contributed by atoms with Crippen LogP contribution >= 0.6 is 11.6 Å². The molecule has 0 unspecified atom stereocenters. The summed E-state index contributed by atoms with van der Waals surface area (Å²) < 4.78 is 41.2. The van der Waals surface area contributed by atoms with E-state index in [2.05, 4.69) is 10.1 Å². The summed E-state index contributed by atoms with van der Waals surface area (Å²) in [5, 5.41) is 4.16. The molecule has 2 aromatic heterocycles. The minimum absolute atomic E-state index is 0.00474. The molecule has 0 aliphatic heterocycles. The van der Waals surface area contributed by atoms with Gasteiger partial charge < -0.3 is 14.0 Å². The van der Waals surface area contributed by atoms with Crippen LogP contribution in [0.25, 0.3) is 11.1 Å². The lowest BCUT2D eigenvalue weighted by molar-refractivity contribution is -0.117. The van der Waals surface area contributed by atoms with Gasteiger partial charge >= 0.3 is 0 Å². The van der Waals surface area contributed by atoms with Gasteiger partial charge in [0, 0.05) is 23.7 Å². The number of methoxy groups -OCH3 is 2. The van der Waals surface area contributed by atoms with E-state index in [1.54, 1.807) is 38.3 Å². The molecule has 2 heterocycles. The van der Waals surface area contributed by atoms with Crippen molar-refractivity contribution in [1.29, 1.82) is 0 Å². The van der Waals surface area contributed by atoms with Crippen molar-refractivity contribution in [1.82, 2.24) is 10.1 Å². The van der Waals surface area contributed by atoms with E-state index in [-0.39, 0.29) is 34.5 Å². The number of benzene rings is 2. The molecule has 37 heavy (non-hydrogen) atoms. The number of carbonyl (C=O) groups excluding carboxylic acids is 1. The molecule has 0 fully saturated rings. The minimum Gasteiger partial charge on any atom is -0.497 e. The summed E-state index contributed by atoms with van der Waals surface area (Å²) in [6.07, 6.45) is 2.70. The first-order valence-corrected chi connectivity index (χ1v) is 13.2. The molecule has 0 radical (unpaired) electrons. The molecule has 0 spiro atoms. The Morgan fingerprint density at radius 1 is 1.03 bits per heavy atom. The summed E-state index contributed by atoms with van der Waals surface area (Å²) in [5.41, 5.74) is 2.26. The number of amides is 1. The van der Waals surface area contributed by atoms with E-state index < -0.39 is 9.84 Å². The van der Waals surface area contributed by atoms with Crippen LogP contribution in [0.2, 0.25) is 5.02 Å². The fraction of sp³-hybridized carbons (Fsp3) is 0.192. The van der Waals surface area contributed by atoms with Gasteiger partial charge in [0.25, 0.3) is 0 Å². The lowest BCUT2D eigenvalue weighted by Crippen LogP contribution is -2.26. The number of rotatable bonds is 9. The zero-order valence-corrected chi connectivity index (χ0v) is 21.9. The van der Waals surface area contributed by atoms with Crippen LogP contribution in [-0.4, -0.2) is 38.7 Å². The summed E-state index contributed by atoms with van der Waals surface area (Å²) in [5.74, 6) is 0.673. The average Bonchev–Trinajstić information content (AvgIpc) is 3.41. The number of anilines is 2. The molecule has 0 bridgehead atoms. The Bertz CT molecular complexity index is 1510. The fourth-order valence-electron chi connectivity index (χ4n) is 3.71. The van der Waals surface area contributed by atoms with Crippen LogP contribution in [0.5, 0.6) is 11.5 Å². The zero-order valence-electron chi connectivity index (χ0n) is 20.3. The molecule has 192 valence electrons. The van der Waals surface area contributed by atoms with Gasteiger partial charge in [0.1, 0.15) is 29.3 Å². The quantitative estimate of drug-likeness (QED) is 0.275. The first-order chi connectivity index (χ1) is 17.7. The maximum absolute atomic E-state index is 13.1. The largest absolute Gasteiger partial charge is 0.497 e. The van der Waals surface area contributed by atoms with Crippen molar-refractivity contribution in [2.75, 3.05) is 19.1 Å². The normalized spacial score (nSPS) is 11.2. The van der Waals surface area contributed by atoms with Crippen LogP contribution < -0.4 is 14.4 Å². The van der Waals surface area contributed by atoms with Gasteiger partial charge in [0.05, 0.1) is 30.5 Å². The summed E-state index contributed by atoms with van der Waals surface area (Å²) in [4.78, 5) is 18.9. The van der Waals surface area contributed by atoms with E-state index in [9.17, 15) is 13.2 Å². The van der Waals surface area contributed by atoms with Gasteiger partial charge in [0.2, 0.25) is 5.91 Å². The first-order valence-electron chi connectivity index (χ1n) is 11.2. The molecule has 4 aromatic rings. The van der Waals surface area contributed by atoms with Crippen LogP contribution in [0.15, 0.2) is 76.5 Å². The second-order valence-electron chi connectivity index (χ2n) is 7.95. The molecule has 4 rings (SSSR count). The summed E-state index contributed by atoms with van der Waals surface area (Å²) in [7, 11) is -0.664. The lowest BCUT2D eigenvalue weighted by atomic mass is 10.0. The number of nitrogens with zero attached hydrogens (tertiary/aromatic N) is 3. The van der Waals surface area contributed by atoms with Crippen LogP contribution in [0.3, 0.4) is 0 Å². The van der Waals surface area contributed by atoms with Crippen LogP contribution in [0.4, 0.5) is 11.5 Å². The maximum Gasteiger partial charge on any atom is 0.232 e. The molecule has 0 atom stereocenters.